The summed E-state index contributed by atoms with van der Waals surface area (Å²) in [5, 5.41) is 3.17. The normalized spacial score (nSPS) is 22.2. The zero-order valence-electron chi connectivity index (χ0n) is 13.9. The molecule has 2 atom stereocenters. The van der Waals surface area contributed by atoms with Gasteiger partial charge in [-0.15, -0.1) is 0 Å². The lowest BCUT2D eigenvalue weighted by Gasteiger charge is -2.21. The lowest BCUT2D eigenvalue weighted by atomic mass is 10.1. The molecule has 0 heterocycles. The minimum absolute atomic E-state index is 0.0446. The standard InChI is InChI=1S/C17H27NO3S/c1-12(2)21-16-10-13(3)8-9-14(16)11-18-15-6-5-7-17(15)22(4,19)20/h8-10,12,15,17-18H,5-7,11H2,1-4H3. The topological polar surface area (TPSA) is 55.4 Å². The highest BCUT2D eigenvalue weighted by Crippen LogP contribution is 2.27. The predicted octanol–water partition coefficient (Wildman–Crippen LogP) is 2.84. The van der Waals surface area contributed by atoms with Crippen molar-refractivity contribution in [1.82, 2.24) is 5.32 Å². The van der Waals surface area contributed by atoms with Crippen LogP contribution in [0.15, 0.2) is 18.2 Å². The van der Waals surface area contributed by atoms with Crippen molar-refractivity contribution in [3.05, 3.63) is 29.3 Å². The van der Waals surface area contributed by atoms with Gasteiger partial charge in [0.15, 0.2) is 9.84 Å². The number of hydrogen-bond donors (Lipinski definition) is 1. The third-order valence-corrected chi connectivity index (χ3v) is 5.81. The van der Waals surface area contributed by atoms with Gasteiger partial charge in [0.05, 0.1) is 11.4 Å². The molecule has 22 heavy (non-hydrogen) atoms. The predicted molar refractivity (Wildman–Crippen MR) is 90.1 cm³/mol. The molecule has 0 aliphatic heterocycles. The second-order valence-corrected chi connectivity index (χ2v) is 8.83. The molecule has 1 aliphatic carbocycles. The van der Waals surface area contributed by atoms with Gasteiger partial charge in [-0.25, -0.2) is 8.42 Å². The molecule has 1 aromatic carbocycles. The smallest absolute Gasteiger partial charge is 0.151 e. The van der Waals surface area contributed by atoms with Gasteiger partial charge in [0.25, 0.3) is 0 Å². The minimum Gasteiger partial charge on any atom is -0.491 e. The molecule has 0 aromatic heterocycles. The van der Waals surface area contributed by atoms with Gasteiger partial charge in [-0.05, 0) is 45.2 Å². The monoisotopic (exact) mass is 325 g/mol. The van der Waals surface area contributed by atoms with Gasteiger partial charge in [0.2, 0.25) is 0 Å². The van der Waals surface area contributed by atoms with Crippen LogP contribution in [0.3, 0.4) is 0 Å². The number of rotatable bonds is 6. The van der Waals surface area contributed by atoms with Crippen LogP contribution in [-0.4, -0.2) is 32.1 Å². The van der Waals surface area contributed by atoms with E-state index in [0.29, 0.717) is 6.54 Å². The summed E-state index contributed by atoms with van der Waals surface area (Å²) >= 11 is 0. The van der Waals surface area contributed by atoms with Crippen molar-refractivity contribution in [3.8, 4) is 5.75 Å². The molecule has 5 heteroatoms. The maximum absolute atomic E-state index is 11.8. The molecule has 4 nitrogen and oxygen atoms in total. The number of ether oxygens (including phenoxy) is 1. The number of benzene rings is 1. The molecule has 0 bridgehead atoms. The van der Waals surface area contributed by atoms with Crippen LogP contribution in [-0.2, 0) is 16.4 Å². The van der Waals surface area contributed by atoms with E-state index in [2.05, 4.69) is 17.4 Å². The van der Waals surface area contributed by atoms with Crippen LogP contribution in [0.25, 0.3) is 0 Å². The van der Waals surface area contributed by atoms with Crippen molar-refractivity contribution in [2.75, 3.05) is 6.26 Å². The second-order valence-electron chi connectivity index (χ2n) is 6.56. The van der Waals surface area contributed by atoms with Crippen LogP contribution in [0.2, 0.25) is 0 Å². The Morgan fingerprint density at radius 3 is 2.68 bits per heavy atom. The number of aryl methyl sites for hydroxylation is 1. The van der Waals surface area contributed by atoms with Gasteiger partial charge in [0.1, 0.15) is 5.75 Å². The average Bonchev–Trinajstić information content (AvgIpc) is 2.85. The molecule has 0 amide bonds. The van der Waals surface area contributed by atoms with E-state index in [1.54, 1.807) is 0 Å². The lowest BCUT2D eigenvalue weighted by molar-refractivity contribution is 0.239. The van der Waals surface area contributed by atoms with Crippen LogP contribution in [0, 0.1) is 6.92 Å². The van der Waals surface area contributed by atoms with Crippen LogP contribution in [0.5, 0.6) is 5.75 Å². The third-order valence-electron chi connectivity index (χ3n) is 4.14. The summed E-state index contributed by atoms with van der Waals surface area (Å²) in [5.41, 5.74) is 2.24. The van der Waals surface area contributed by atoms with Crippen LogP contribution in [0.4, 0.5) is 0 Å². The highest BCUT2D eigenvalue weighted by molar-refractivity contribution is 7.91. The first kappa shape index (κ1) is 17.3. The molecule has 1 saturated carbocycles. The average molecular weight is 325 g/mol. The first-order valence-electron chi connectivity index (χ1n) is 7.96. The summed E-state index contributed by atoms with van der Waals surface area (Å²) in [4.78, 5) is 0. The van der Waals surface area contributed by atoms with Gasteiger partial charge in [-0.1, -0.05) is 18.6 Å². The Morgan fingerprint density at radius 1 is 1.32 bits per heavy atom. The van der Waals surface area contributed by atoms with Crippen molar-refractivity contribution < 1.29 is 13.2 Å². The molecule has 124 valence electrons. The molecule has 1 aliphatic rings. The van der Waals surface area contributed by atoms with Gasteiger partial charge in [0, 0.05) is 24.4 Å². The molecule has 0 saturated heterocycles. The van der Waals surface area contributed by atoms with E-state index < -0.39 is 9.84 Å². The number of nitrogens with one attached hydrogen (secondary N) is 1. The molecule has 2 rings (SSSR count). The van der Waals surface area contributed by atoms with E-state index in [-0.39, 0.29) is 17.4 Å². The molecule has 0 spiro atoms. The van der Waals surface area contributed by atoms with Crippen molar-refractivity contribution in [3.63, 3.8) is 0 Å². The van der Waals surface area contributed by atoms with Crippen molar-refractivity contribution in [2.24, 2.45) is 0 Å². The molecule has 1 fully saturated rings. The number of hydrogen-bond acceptors (Lipinski definition) is 4. The van der Waals surface area contributed by atoms with Crippen molar-refractivity contribution >= 4 is 9.84 Å². The van der Waals surface area contributed by atoms with Crippen molar-refractivity contribution in [1.29, 1.82) is 0 Å². The molecular weight excluding hydrogens is 298 g/mol. The molecule has 1 aromatic rings. The zero-order chi connectivity index (χ0) is 16.3. The quantitative estimate of drug-likeness (QED) is 0.874. The minimum atomic E-state index is -2.99. The van der Waals surface area contributed by atoms with Gasteiger partial charge in [-0.3, -0.25) is 0 Å². The molecule has 1 N–H and O–H groups in total. The van der Waals surface area contributed by atoms with E-state index in [0.717, 1.165) is 36.1 Å². The maximum Gasteiger partial charge on any atom is 0.151 e. The van der Waals surface area contributed by atoms with E-state index in [9.17, 15) is 8.42 Å². The molecular formula is C17H27NO3S. The second kappa shape index (κ2) is 7.01. The van der Waals surface area contributed by atoms with Crippen LogP contribution < -0.4 is 10.1 Å². The van der Waals surface area contributed by atoms with Gasteiger partial charge < -0.3 is 10.1 Å². The maximum atomic E-state index is 11.8. The van der Waals surface area contributed by atoms with Crippen molar-refractivity contribution in [2.45, 2.75) is 64.0 Å². The SMILES string of the molecule is Cc1ccc(CNC2CCCC2S(C)(=O)=O)c(OC(C)C)c1. The molecule has 2 unspecified atom stereocenters. The van der Waals surface area contributed by atoms with Crippen LogP contribution in [0.1, 0.15) is 44.2 Å². The number of sulfone groups is 1. The Kier molecular flexibility index (Phi) is 5.50. The Labute approximate surface area is 134 Å². The Bertz CT molecular complexity index is 610. The van der Waals surface area contributed by atoms with Gasteiger partial charge in [-0.2, -0.15) is 0 Å². The summed E-state index contributed by atoms with van der Waals surface area (Å²) in [6.07, 6.45) is 4.12. The van der Waals surface area contributed by atoms with E-state index in [1.165, 1.54) is 6.26 Å². The first-order chi connectivity index (χ1) is 10.3. The summed E-state index contributed by atoms with van der Waals surface area (Å²) in [6.45, 7) is 6.70. The highest BCUT2D eigenvalue weighted by atomic mass is 32.2. The Morgan fingerprint density at radius 2 is 2.05 bits per heavy atom. The summed E-state index contributed by atoms with van der Waals surface area (Å²) in [6, 6.07) is 6.21. The van der Waals surface area contributed by atoms with Crippen LogP contribution >= 0.6 is 0 Å². The lowest BCUT2D eigenvalue weighted by Crippen LogP contribution is -2.39. The molecule has 0 radical (unpaired) electrons. The zero-order valence-corrected chi connectivity index (χ0v) is 14.7. The fourth-order valence-electron chi connectivity index (χ4n) is 3.08. The fraction of sp³-hybridized carbons (Fsp3) is 0.647. The Hall–Kier alpha value is -1.07. The first-order valence-corrected chi connectivity index (χ1v) is 9.91. The summed E-state index contributed by atoms with van der Waals surface area (Å²) < 4.78 is 29.6. The van der Waals surface area contributed by atoms with Gasteiger partial charge >= 0.3 is 0 Å². The largest absolute Gasteiger partial charge is 0.491 e. The van der Waals surface area contributed by atoms with E-state index in [1.807, 2.05) is 26.8 Å². The Balaban J connectivity index is 2.08. The fourth-order valence-corrected chi connectivity index (χ4v) is 4.51. The van der Waals surface area contributed by atoms with E-state index >= 15 is 0 Å². The highest BCUT2D eigenvalue weighted by Gasteiger charge is 2.34. The summed E-state index contributed by atoms with van der Waals surface area (Å²) in [7, 11) is -2.99. The third kappa shape index (κ3) is 4.46. The van der Waals surface area contributed by atoms with E-state index in [4.69, 9.17) is 4.74 Å². The summed E-state index contributed by atoms with van der Waals surface area (Å²) in [5.74, 6) is 0.886.